The molecule has 0 aliphatic rings. The second-order valence-corrected chi connectivity index (χ2v) is 6.48. The number of benzene rings is 1. The van der Waals surface area contributed by atoms with Gasteiger partial charge in [0, 0.05) is 15.4 Å². The van der Waals surface area contributed by atoms with Gasteiger partial charge in [-0.3, -0.25) is 0 Å². The van der Waals surface area contributed by atoms with Gasteiger partial charge in [-0.1, -0.05) is 0 Å². The van der Waals surface area contributed by atoms with E-state index in [1.807, 2.05) is 25.1 Å². The smallest absolute Gasteiger partial charge is 0.121 e. The van der Waals surface area contributed by atoms with Gasteiger partial charge in [0.1, 0.15) is 5.75 Å². The second-order valence-electron chi connectivity index (χ2n) is 4.39. The van der Waals surface area contributed by atoms with Crippen molar-refractivity contribution in [2.75, 3.05) is 12.4 Å². The van der Waals surface area contributed by atoms with Crippen molar-refractivity contribution in [2.45, 2.75) is 26.8 Å². The fourth-order valence-electron chi connectivity index (χ4n) is 1.99. The first-order valence-electron chi connectivity index (χ1n) is 6.05. The molecule has 0 spiro atoms. The van der Waals surface area contributed by atoms with Gasteiger partial charge in [0.25, 0.3) is 0 Å². The van der Waals surface area contributed by atoms with E-state index < -0.39 is 0 Å². The predicted molar refractivity (Wildman–Crippen MR) is 84.3 cm³/mol. The SMILES string of the molecule is COc1ccc(Br)c(NC(C)c2sc(C)nc2C)c1. The van der Waals surface area contributed by atoms with Crippen LogP contribution in [-0.4, -0.2) is 12.1 Å². The van der Waals surface area contributed by atoms with Gasteiger partial charge < -0.3 is 10.1 Å². The van der Waals surface area contributed by atoms with Crippen LogP contribution in [0.4, 0.5) is 5.69 Å². The van der Waals surface area contributed by atoms with Gasteiger partial charge in [0.2, 0.25) is 0 Å². The number of nitrogens with zero attached hydrogens (tertiary/aromatic N) is 1. The number of methoxy groups -OCH3 is 1. The van der Waals surface area contributed by atoms with Gasteiger partial charge in [0.05, 0.1) is 29.5 Å². The van der Waals surface area contributed by atoms with E-state index >= 15 is 0 Å². The van der Waals surface area contributed by atoms with Crippen molar-refractivity contribution < 1.29 is 4.74 Å². The van der Waals surface area contributed by atoms with Gasteiger partial charge in [-0.25, -0.2) is 4.98 Å². The number of aryl methyl sites for hydroxylation is 2. The maximum atomic E-state index is 5.25. The number of hydrogen-bond acceptors (Lipinski definition) is 4. The van der Waals surface area contributed by atoms with Crippen LogP contribution in [-0.2, 0) is 0 Å². The van der Waals surface area contributed by atoms with Crippen LogP contribution in [0.15, 0.2) is 22.7 Å². The summed E-state index contributed by atoms with van der Waals surface area (Å²) in [6.45, 7) is 6.23. The fraction of sp³-hybridized carbons (Fsp3) is 0.357. The van der Waals surface area contributed by atoms with E-state index in [-0.39, 0.29) is 6.04 Å². The summed E-state index contributed by atoms with van der Waals surface area (Å²) < 4.78 is 6.28. The van der Waals surface area contributed by atoms with Crippen molar-refractivity contribution in [2.24, 2.45) is 0 Å². The Morgan fingerprint density at radius 1 is 1.37 bits per heavy atom. The summed E-state index contributed by atoms with van der Waals surface area (Å²) in [6, 6.07) is 6.12. The molecule has 0 saturated heterocycles. The highest BCUT2D eigenvalue weighted by Gasteiger charge is 2.14. The largest absolute Gasteiger partial charge is 0.497 e. The summed E-state index contributed by atoms with van der Waals surface area (Å²) in [5, 5.41) is 4.60. The third kappa shape index (κ3) is 3.28. The Morgan fingerprint density at radius 3 is 2.68 bits per heavy atom. The molecule has 0 saturated carbocycles. The molecule has 0 aliphatic carbocycles. The van der Waals surface area contributed by atoms with E-state index in [0.717, 1.165) is 26.6 Å². The zero-order valence-corrected chi connectivity index (χ0v) is 13.9. The van der Waals surface area contributed by atoms with Crippen LogP contribution in [0.3, 0.4) is 0 Å². The predicted octanol–water partition coefficient (Wildman–Crippen LogP) is 4.70. The summed E-state index contributed by atoms with van der Waals surface area (Å²) in [6.07, 6.45) is 0. The Hall–Kier alpha value is -1.07. The molecule has 0 bridgehead atoms. The van der Waals surface area contributed by atoms with E-state index in [1.165, 1.54) is 4.88 Å². The summed E-state index contributed by atoms with van der Waals surface area (Å²) >= 11 is 5.29. The zero-order chi connectivity index (χ0) is 14.0. The number of anilines is 1. The van der Waals surface area contributed by atoms with Crippen molar-refractivity contribution >= 4 is 33.0 Å². The molecule has 102 valence electrons. The number of thiazole rings is 1. The maximum Gasteiger partial charge on any atom is 0.121 e. The minimum absolute atomic E-state index is 0.217. The lowest BCUT2D eigenvalue weighted by Gasteiger charge is -2.16. The standard InChI is InChI=1S/C14H17BrN2OS/c1-8-14(19-10(3)16-8)9(2)17-13-7-11(18-4)5-6-12(13)15/h5-7,9,17H,1-4H3. The molecule has 1 N–H and O–H groups in total. The van der Waals surface area contributed by atoms with Crippen molar-refractivity contribution in [1.29, 1.82) is 0 Å². The number of halogens is 1. The average molecular weight is 341 g/mol. The van der Waals surface area contributed by atoms with Crippen LogP contribution in [0.25, 0.3) is 0 Å². The molecular weight excluding hydrogens is 324 g/mol. The number of ether oxygens (including phenoxy) is 1. The molecule has 0 fully saturated rings. The van der Waals surface area contributed by atoms with Gasteiger partial charge in [0.15, 0.2) is 0 Å². The molecule has 0 radical (unpaired) electrons. The second kappa shape index (κ2) is 5.92. The molecule has 5 heteroatoms. The minimum Gasteiger partial charge on any atom is -0.497 e. The lowest BCUT2D eigenvalue weighted by Crippen LogP contribution is -2.07. The van der Waals surface area contributed by atoms with Crippen molar-refractivity contribution in [3.8, 4) is 5.75 Å². The first-order chi connectivity index (χ1) is 9.01. The van der Waals surface area contributed by atoms with Crippen molar-refractivity contribution in [1.82, 2.24) is 4.98 Å². The van der Waals surface area contributed by atoms with Crippen molar-refractivity contribution in [3.63, 3.8) is 0 Å². The quantitative estimate of drug-likeness (QED) is 0.875. The van der Waals surface area contributed by atoms with Crippen LogP contribution in [0.2, 0.25) is 0 Å². The van der Waals surface area contributed by atoms with Gasteiger partial charge in [-0.15, -0.1) is 11.3 Å². The first-order valence-corrected chi connectivity index (χ1v) is 7.66. The zero-order valence-electron chi connectivity index (χ0n) is 11.5. The highest BCUT2D eigenvalue weighted by Crippen LogP contribution is 2.32. The molecule has 19 heavy (non-hydrogen) atoms. The van der Waals surface area contributed by atoms with Crippen molar-refractivity contribution in [3.05, 3.63) is 38.3 Å². The first kappa shape index (κ1) is 14.3. The monoisotopic (exact) mass is 340 g/mol. The Labute approximate surface area is 126 Å². The summed E-state index contributed by atoms with van der Waals surface area (Å²) in [5.74, 6) is 0.843. The number of hydrogen-bond donors (Lipinski definition) is 1. The van der Waals surface area contributed by atoms with Gasteiger partial charge in [-0.2, -0.15) is 0 Å². The lowest BCUT2D eigenvalue weighted by molar-refractivity contribution is 0.415. The molecule has 2 rings (SSSR count). The number of nitrogens with one attached hydrogen (secondary N) is 1. The molecule has 1 atom stereocenters. The Bertz CT molecular complexity index is 583. The molecule has 1 unspecified atom stereocenters. The highest BCUT2D eigenvalue weighted by atomic mass is 79.9. The molecule has 2 aromatic rings. The van der Waals surface area contributed by atoms with E-state index in [4.69, 9.17) is 4.74 Å². The Balaban J connectivity index is 2.23. The minimum atomic E-state index is 0.217. The normalized spacial score (nSPS) is 12.3. The third-order valence-electron chi connectivity index (χ3n) is 2.88. The molecule has 0 amide bonds. The van der Waals surface area contributed by atoms with E-state index in [0.29, 0.717) is 0 Å². The molecule has 1 aromatic heterocycles. The topological polar surface area (TPSA) is 34.1 Å². The van der Waals surface area contributed by atoms with Crippen LogP contribution in [0.5, 0.6) is 5.75 Å². The third-order valence-corrected chi connectivity index (χ3v) is 4.83. The van der Waals surface area contributed by atoms with Crippen LogP contribution in [0, 0.1) is 13.8 Å². The van der Waals surface area contributed by atoms with Gasteiger partial charge in [-0.05, 0) is 48.8 Å². The molecule has 0 aliphatic heterocycles. The van der Waals surface area contributed by atoms with E-state index in [1.54, 1.807) is 18.4 Å². The Morgan fingerprint density at radius 2 is 2.11 bits per heavy atom. The molecule has 1 aromatic carbocycles. The average Bonchev–Trinajstić information content (AvgIpc) is 2.71. The van der Waals surface area contributed by atoms with Crippen LogP contribution >= 0.6 is 27.3 Å². The number of aromatic nitrogens is 1. The van der Waals surface area contributed by atoms with Gasteiger partial charge >= 0.3 is 0 Å². The Kier molecular flexibility index (Phi) is 4.47. The van der Waals surface area contributed by atoms with Crippen LogP contribution in [0.1, 0.15) is 28.5 Å². The lowest BCUT2D eigenvalue weighted by atomic mass is 10.2. The van der Waals surface area contributed by atoms with E-state index in [9.17, 15) is 0 Å². The highest BCUT2D eigenvalue weighted by molar-refractivity contribution is 9.10. The fourth-order valence-corrected chi connectivity index (χ4v) is 3.28. The maximum absolute atomic E-state index is 5.25. The molecular formula is C14H17BrN2OS. The summed E-state index contributed by atoms with van der Waals surface area (Å²) in [5.41, 5.74) is 2.12. The van der Waals surface area contributed by atoms with E-state index in [2.05, 4.69) is 40.1 Å². The van der Waals surface area contributed by atoms with Crippen LogP contribution < -0.4 is 10.1 Å². The molecule has 1 heterocycles. The summed E-state index contributed by atoms with van der Waals surface area (Å²) in [7, 11) is 1.67. The molecule has 3 nitrogen and oxygen atoms in total. The number of rotatable bonds is 4. The summed E-state index contributed by atoms with van der Waals surface area (Å²) in [4.78, 5) is 5.74.